The number of para-hydroxylation sites is 1. The summed E-state index contributed by atoms with van der Waals surface area (Å²) < 4.78 is 5.60. The van der Waals surface area contributed by atoms with Crippen molar-refractivity contribution in [3.63, 3.8) is 0 Å². The van der Waals surface area contributed by atoms with Crippen LogP contribution in [0.25, 0.3) is 0 Å². The molecule has 0 unspecified atom stereocenters. The van der Waals surface area contributed by atoms with E-state index in [1.165, 1.54) is 0 Å². The molecule has 0 radical (unpaired) electrons. The Balaban J connectivity index is 1.39. The van der Waals surface area contributed by atoms with Crippen LogP contribution >= 0.6 is 0 Å². The maximum absolute atomic E-state index is 12.5. The summed E-state index contributed by atoms with van der Waals surface area (Å²) in [4.78, 5) is 40.5. The van der Waals surface area contributed by atoms with E-state index in [1.54, 1.807) is 34.1 Å². The monoisotopic (exact) mass is 409 g/mol. The first-order chi connectivity index (χ1) is 14.6. The highest BCUT2D eigenvalue weighted by molar-refractivity contribution is 5.96. The van der Waals surface area contributed by atoms with Crippen molar-refractivity contribution in [2.45, 2.75) is 12.8 Å². The summed E-state index contributed by atoms with van der Waals surface area (Å²) in [5.74, 6) is 0.364. The lowest BCUT2D eigenvalue weighted by Gasteiger charge is -2.22. The third-order valence-electron chi connectivity index (χ3n) is 4.97. The summed E-state index contributed by atoms with van der Waals surface area (Å²) in [6, 6.07) is 18.2. The molecule has 2 aromatic rings. The lowest BCUT2D eigenvalue weighted by Crippen LogP contribution is -2.42. The van der Waals surface area contributed by atoms with Crippen molar-refractivity contribution in [2.24, 2.45) is 0 Å². The number of nitrogens with one attached hydrogen (secondary N) is 1. The Kier molecular flexibility index (Phi) is 7.83. The van der Waals surface area contributed by atoms with Crippen LogP contribution in [0.1, 0.15) is 23.2 Å². The Bertz CT molecular complexity index is 842. The zero-order chi connectivity index (χ0) is 21.2. The molecule has 7 heteroatoms. The highest BCUT2D eigenvalue weighted by atomic mass is 16.5. The van der Waals surface area contributed by atoms with Crippen LogP contribution in [-0.2, 0) is 9.59 Å². The van der Waals surface area contributed by atoms with E-state index >= 15 is 0 Å². The van der Waals surface area contributed by atoms with Gasteiger partial charge in [-0.15, -0.1) is 0 Å². The third kappa shape index (κ3) is 6.34. The average Bonchev–Trinajstić information content (AvgIpc) is 3.05. The minimum atomic E-state index is -0.269. The van der Waals surface area contributed by atoms with Gasteiger partial charge in [-0.25, -0.2) is 0 Å². The highest BCUT2D eigenvalue weighted by Gasteiger charge is 2.22. The molecule has 0 aromatic heterocycles. The van der Waals surface area contributed by atoms with Gasteiger partial charge >= 0.3 is 0 Å². The molecule has 1 aliphatic rings. The molecular weight excluding hydrogens is 382 g/mol. The molecule has 3 rings (SSSR count). The predicted octanol–water partition coefficient (Wildman–Crippen LogP) is 1.95. The first kappa shape index (κ1) is 21.4. The van der Waals surface area contributed by atoms with Crippen molar-refractivity contribution in [3.05, 3.63) is 66.2 Å². The summed E-state index contributed by atoms with van der Waals surface area (Å²) in [6.07, 6.45) is 1.01. The van der Waals surface area contributed by atoms with Crippen LogP contribution in [0.2, 0.25) is 0 Å². The minimum absolute atomic E-state index is 0.0256. The van der Waals surface area contributed by atoms with Gasteiger partial charge in [0.15, 0.2) is 0 Å². The lowest BCUT2D eigenvalue weighted by molar-refractivity contribution is -0.133. The van der Waals surface area contributed by atoms with E-state index in [9.17, 15) is 14.4 Å². The highest BCUT2D eigenvalue weighted by Crippen LogP contribution is 2.10. The van der Waals surface area contributed by atoms with Gasteiger partial charge in [0.2, 0.25) is 11.8 Å². The van der Waals surface area contributed by atoms with Crippen molar-refractivity contribution in [3.8, 4) is 5.75 Å². The second-order valence-corrected chi connectivity index (χ2v) is 7.08. The van der Waals surface area contributed by atoms with Gasteiger partial charge in [0, 0.05) is 31.7 Å². The van der Waals surface area contributed by atoms with E-state index in [0.29, 0.717) is 51.2 Å². The molecule has 1 aliphatic heterocycles. The lowest BCUT2D eigenvalue weighted by atomic mass is 10.2. The second kappa shape index (κ2) is 11.0. The quantitative estimate of drug-likeness (QED) is 0.758. The molecule has 0 bridgehead atoms. The van der Waals surface area contributed by atoms with Gasteiger partial charge in [0.05, 0.1) is 19.6 Å². The minimum Gasteiger partial charge on any atom is -0.493 e. The number of benzene rings is 2. The van der Waals surface area contributed by atoms with Gasteiger partial charge in [-0.1, -0.05) is 36.4 Å². The molecule has 3 amide bonds. The first-order valence-corrected chi connectivity index (χ1v) is 10.2. The van der Waals surface area contributed by atoms with Gasteiger partial charge in [-0.3, -0.25) is 14.4 Å². The number of carbonyl (C=O) groups excluding carboxylic acids is 3. The fraction of sp³-hybridized carbons (Fsp3) is 0.348. The number of carbonyl (C=O) groups is 3. The molecule has 0 aliphatic carbocycles. The maximum atomic E-state index is 12.5. The van der Waals surface area contributed by atoms with Crippen molar-refractivity contribution >= 4 is 17.7 Å². The van der Waals surface area contributed by atoms with Crippen LogP contribution in [0.3, 0.4) is 0 Å². The van der Waals surface area contributed by atoms with E-state index in [4.69, 9.17) is 4.74 Å². The second-order valence-electron chi connectivity index (χ2n) is 7.08. The predicted molar refractivity (Wildman–Crippen MR) is 113 cm³/mol. The first-order valence-electron chi connectivity index (χ1n) is 10.2. The van der Waals surface area contributed by atoms with Crippen LogP contribution in [0.15, 0.2) is 60.7 Å². The average molecular weight is 409 g/mol. The number of amides is 3. The Morgan fingerprint density at radius 1 is 0.800 bits per heavy atom. The number of nitrogens with zero attached hydrogens (tertiary/aromatic N) is 2. The Hall–Kier alpha value is -3.35. The SMILES string of the molecule is O=C(NCC(=O)N1CCCN(C(=O)CCOc2ccccc2)CC1)c1ccccc1. The van der Waals surface area contributed by atoms with E-state index < -0.39 is 0 Å². The number of ether oxygens (including phenoxy) is 1. The van der Waals surface area contributed by atoms with Gasteiger partial charge in [0.25, 0.3) is 5.91 Å². The van der Waals surface area contributed by atoms with Gasteiger partial charge in [-0.2, -0.15) is 0 Å². The number of rotatable bonds is 7. The van der Waals surface area contributed by atoms with Gasteiger partial charge in [-0.05, 0) is 30.7 Å². The topological polar surface area (TPSA) is 79.0 Å². The Morgan fingerprint density at radius 3 is 2.07 bits per heavy atom. The van der Waals surface area contributed by atoms with Crippen LogP contribution in [0, 0.1) is 0 Å². The van der Waals surface area contributed by atoms with Crippen molar-refractivity contribution in [2.75, 3.05) is 39.3 Å². The molecule has 158 valence electrons. The van der Waals surface area contributed by atoms with E-state index in [2.05, 4.69) is 5.32 Å². The van der Waals surface area contributed by atoms with Crippen LogP contribution in [0.5, 0.6) is 5.75 Å². The van der Waals surface area contributed by atoms with Crippen LogP contribution in [-0.4, -0.2) is 66.9 Å². The van der Waals surface area contributed by atoms with Crippen molar-refractivity contribution in [1.82, 2.24) is 15.1 Å². The summed E-state index contributed by atoms with van der Waals surface area (Å²) in [5, 5.41) is 2.67. The summed E-state index contributed by atoms with van der Waals surface area (Å²) >= 11 is 0. The smallest absolute Gasteiger partial charge is 0.251 e. The zero-order valence-electron chi connectivity index (χ0n) is 17.0. The zero-order valence-corrected chi connectivity index (χ0v) is 17.0. The normalized spacial score (nSPS) is 14.0. The van der Waals surface area contributed by atoms with Crippen LogP contribution in [0.4, 0.5) is 0 Å². The summed E-state index contributed by atoms with van der Waals surface area (Å²) in [7, 11) is 0. The Labute approximate surface area is 176 Å². The fourth-order valence-corrected chi connectivity index (χ4v) is 3.31. The molecule has 1 heterocycles. The molecule has 0 saturated carbocycles. The number of hydrogen-bond acceptors (Lipinski definition) is 4. The molecular formula is C23H27N3O4. The molecule has 1 saturated heterocycles. The summed E-state index contributed by atoms with van der Waals surface area (Å²) in [5.41, 5.74) is 0.524. The fourth-order valence-electron chi connectivity index (χ4n) is 3.31. The standard InChI is InChI=1S/C23H27N3O4/c27-21(12-17-30-20-10-5-2-6-11-20)25-13-7-14-26(16-15-25)22(28)18-24-23(29)19-8-3-1-4-9-19/h1-6,8-11H,7,12-18H2,(H,24,29). The molecule has 30 heavy (non-hydrogen) atoms. The van der Waals surface area contributed by atoms with Crippen molar-refractivity contribution < 1.29 is 19.1 Å². The summed E-state index contributed by atoms with van der Waals surface area (Å²) in [6.45, 7) is 2.42. The largest absolute Gasteiger partial charge is 0.493 e. The van der Waals surface area contributed by atoms with Gasteiger partial charge < -0.3 is 19.9 Å². The molecule has 0 spiro atoms. The van der Waals surface area contributed by atoms with E-state index in [1.807, 2.05) is 36.4 Å². The molecule has 2 aromatic carbocycles. The third-order valence-corrected chi connectivity index (χ3v) is 4.97. The molecule has 1 fully saturated rings. The van der Waals surface area contributed by atoms with Crippen LogP contribution < -0.4 is 10.1 Å². The Morgan fingerprint density at radius 2 is 1.40 bits per heavy atom. The maximum Gasteiger partial charge on any atom is 0.251 e. The molecule has 0 atom stereocenters. The molecule has 1 N–H and O–H groups in total. The molecule has 7 nitrogen and oxygen atoms in total. The van der Waals surface area contributed by atoms with Crippen molar-refractivity contribution in [1.29, 1.82) is 0 Å². The van der Waals surface area contributed by atoms with Gasteiger partial charge in [0.1, 0.15) is 5.75 Å². The van der Waals surface area contributed by atoms with E-state index in [-0.39, 0.29) is 24.3 Å². The van der Waals surface area contributed by atoms with E-state index in [0.717, 1.165) is 5.75 Å². The number of hydrogen-bond donors (Lipinski definition) is 1.